The lowest BCUT2D eigenvalue weighted by atomic mass is 10.2. The van der Waals surface area contributed by atoms with Crippen molar-refractivity contribution in [2.24, 2.45) is 0 Å². The van der Waals surface area contributed by atoms with Gasteiger partial charge in [-0.25, -0.2) is 4.98 Å². The topological polar surface area (TPSA) is 43.4 Å². The van der Waals surface area contributed by atoms with Gasteiger partial charge in [0, 0.05) is 11.8 Å². The number of aromatic nitrogens is 1. The summed E-state index contributed by atoms with van der Waals surface area (Å²) in [4.78, 5) is 4.64. The van der Waals surface area contributed by atoms with E-state index in [1.54, 1.807) is 25.6 Å². The fraction of sp³-hybridized carbons (Fsp3) is 0.188. The number of thiazole rings is 1. The molecule has 5 heteroatoms. The van der Waals surface area contributed by atoms with Gasteiger partial charge in [-0.2, -0.15) is 0 Å². The van der Waals surface area contributed by atoms with Gasteiger partial charge >= 0.3 is 0 Å². The predicted octanol–water partition coefficient (Wildman–Crippen LogP) is 4.37. The van der Waals surface area contributed by atoms with Gasteiger partial charge in [0.25, 0.3) is 0 Å². The van der Waals surface area contributed by atoms with E-state index in [4.69, 9.17) is 9.47 Å². The third-order valence-electron chi connectivity index (χ3n) is 3.26. The van der Waals surface area contributed by atoms with Crippen LogP contribution in [0.5, 0.6) is 11.5 Å². The first kappa shape index (κ1) is 13.7. The van der Waals surface area contributed by atoms with Crippen LogP contribution in [0.25, 0.3) is 10.2 Å². The number of nitrogens with zero attached hydrogens (tertiary/aromatic N) is 1. The number of hydrogen-bond acceptors (Lipinski definition) is 5. The van der Waals surface area contributed by atoms with Crippen LogP contribution in [0, 0.1) is 6.92 Å². The summed E-state index contributed by atoms with van der Waals surface area (Å²) in [6.07, 6.45) is 0. The van der Waals surface area contributed by atoms with Crippen LogP contribution in [0.3, 0.4) is 0 Å². The van der Waals surface area contributed by atoms with Gasteiger partial charge in [-0.15, -0.1) is 0 Å². The van der Waals surface area contributed by atoms with Crippen molar-refractivity contribution in [3.8, 4) is 11.5 Å². The Balaban J connectivity index is 1.93. The molecule has 0 saturated carbocycles. The Morgan fingerprint density at radius 2 is 1.86 bits per heavy atom. The number of para-hydroxylation sites is 1. The van der Waals surface area contributed by atoms with E-state index in [1.807, 2.05) is 18.2 Å². The van der Waals surface area contributed by atoms with Crippen LogP contribution in [-0.2, 0) is 0 Å². The Kier molecular flexibility index (Phi) is 3.66. The molecular formula is C16H16N2O2S. The maximum absolute atomic E-state index is 5.31. The van der Waals surface area contributed by atoms with Crippen molar-refractivity contribution < 1.29 is 9.47 Å². The van der Waals surface area contributed by atoms with Gasteiger partial charge in [-0.05, 0) is 30.7 Å². The summed E-state index contributed by atoms with van der Waals surface area (Å²) >= 11 is 1.64. The number of anilines is 2. The van der Waals surface area contributed by atoms with Crippen molar-refractivity contribution in [2.75, 3.05) is 19.5 Å². The van der Waals surface area contributed by atoms with E-state index >= 15 is 0 Å². The lowest BCUT2D eigenvalue weighted by molar-refractivity contribution is 0.355. The Morgan fingerprint density at radius 1 is 1.05 bits per heavy atom. The van der Waals surface area contributed by atoms with Crippen LogP contribution in [0.1, 0.15) is 5.56 Å². The molecule has 108 valence electrons. The minimum Gasteiger partial charge on any atom is -0.493 e. The fourth-order valence-corrected chi connectivity index (χ4v) is 3.14. The standard InChI is InChI=1S/C16H16N2O2S/c1-10-5-4-6-14-15(10)18-16(21-14)17-11-7-8-12(19-2)13(9-11)20-3/h4-9H,1-3H3,(H,17,18). The summed E-state index contributed by atoms with van der Waals surface area (Å²) in [5, 5.41) is 4.19. The molecule has 1 aromatic heterocycles. The van der Waals surface area contributed by atoms with Crippen molar-refractivity contribution >= 4 is 32.4 Å². The molecule has 0 aliphatic rings. The van der Waals surface area contributed by atoms with Gasteiger partial charge in [-0.1, -0.05) is 23.5 Å². The van der Waals surface area contributed by atoms with Gasteiger partial charge in [0.2, 0.25) is 0 Å². The molecule has 0 amide bonds. The molecule has 3 aromatic rings. The maximum Gasteiger partial charge on any atom is 0.188 e. The third kappa shape index (κ3) is 2.64. The summed E-state index contributed by atoms with van der Waals surface area (Å²) in [6.45, 7) is 2.07. The monoisotopic (exact) mass is 300 g/mol. The SMILES string of the molecule is COc1ccc(Nc2nc3c(C)cccc3s2)cc1OC. The first-order valence-corrected chi connectivity index (χ1v) is 7.38. The second-order valence-corrected chi connectivity index (χ2v) is 5.67. The molecule has 0 aliphatic carbocycles. The molecular weight excluding hydrogens is 284 g/mol. The van der Waals surface area contributed by atoms with E-state index in [-0.39, 0.29) is 0 Å². The highest BCUT2D eigenvalue weighted by molar-refractivity contribution is 7.22. The number of benzene rings is 2. The Bertz CT molecular complexity index is 783. The first-order chi connectivity index (χ1) is 10.2. The van der Waals surface area contributed by atoms with Crippen molar-refractivity contribution in [1.82, 2.24) is 4.98 Å². The van der Waals surface area contributed by atoms with E-state index in [1.165, 1.54) is 10.3 Å². The van der Waals surface area contributed by atoms with E-state index in [9.17, 15) is 0 Å². The molecule has 0 spiro atoms. The molecule has 2 aromatic carbocycles. The van der Waals surface area contributed by atoms with Crippen LogP contribution in [0.15, 0.2) is 36.4 Å². The highest BCUT2D eigenvalue weighted by Crippen LogP contribution is 2.33. The third-order valence-corrected chi connectivity index (χ3v) is 4.19. The van der Waals surface area contributed by atoms with E-state index in [0.717, 1.165) is 16.3 Å². The molecule has 4 nitrogen and oxygen atoms in total. The Morgan fingerprint density at radius 3 is 2.57 bits per heavy atom. The number of fused-ring (bicyclic) bond motifs is 1. The Labute approximate surface area is 127 Å². The van der Waals surface area contributed by atoms with Gasteiger partial charge in [-0.3, -0.25) is 0 Å². The zero-order valence-corrected chi connectivity index (χ0v) is 13.0. The van der Waals surface area contributed by atoms with Crippen LogP contribution in [-0.4, -0.2) is 19.2 Å². The highest BCUT2D eigenvalue weighted by Gasteiger charge is 2.08. The quantitative estimate of drug-likeness (QED) is 0.777. The second-order valence-electron chi connectivity index (χ2n) is 4.64. The molecule has 0 bridgehead atoms. The zero-order chi connectivity index (χ0) is 14.8. The van der Waals surface area contributed by atoms with Gasteiger partial charge in [0.05, 0.1) is 24.4 Å². The molecule has 0 saturated heterocycles. The molecule has 0 unspecified atom stereocenters. The van der Waals surface area contributed by atoms with Crippen molar-refractivity contribution in [1.29, 1.82) is 0 Å². The van der Waals surface area contributed by atoms with Crippen molar-refractivity contribution in [3.63, 3.8) is 0 Å². The van der Waals surface area contributed by atoms with Gasteiger partial charge in [0.15, 0.2) is 16.6 Å². The smallest absolute Gasteiger partial charge is 0.188 e. The molecule has 0 radical (unpaired) electrons. The van der Waals surface area contributed by atoms with E-state index < -0.39 is 0 Å². The van der Waals surface area contributed by atoms with Crippen LogP contribution in [0.2, 0.25) is 0 Å². The summed E-state index contributed by atoms with van der Waals surface area (Å²) in [5.41, 5.74) is 3.15. The molecule has 3 rings (SSSR count). The molecule has 21 heavy (non-hydrogen) atoms. The zero-order valence-electron chi connectivity index (χ0n) is 12.1. The van der Waals surface area contributed by atoms with E-state index in [0.29, 0.717) is 11.5 Å². The van der Waals surface area contributed by atoms with Crippen LogP contribution < -0.4 is 14.8 Å². The molecule has 1 heterocycles. The van der Waals surface area contributed by atoms with Gasteiger partial charge in [0.1, 0.15) is 0 Å². The summed E-state index contributed by atoms with van der Waals surface area (Å²) in [6, 6.07) is 11.9. The average molecular weight is 300 g/mol. The average Bonchev–Trinajstić information content (AvgIpc) is 2.91. The highest BCUT2D eigenvalue weighted by atomic mass is 32.1. The summed E-state index contributed by atoms with van der Waals surface area (Å²) < 4.78 is 11.7. The van der Waals surface area contributed by atoms with Gasteiger partial charge < -0.3 is 14.8 Å². The minimum absolute atomic E-state index is 0.694. The molecule has 0 aliphatic heterocycles. The lowest BCUT2D eigenvalue weighted by Crippen LogP contribution is -1.93. The molecule has 0 fully saturated rings. The molecule has 0 atom stereocenters. The second kappa shape index (κ2) is 5.61. The number of ether oxygens (including phenoxy) is 2. The minimum atomic E-state index is 0.694. The Hall–Kier alpha value is -2.27. The summed E-state index contributed by atoms with van der Waals surface area (Å²) in [5.74, 6) is 1.41. The molecule has 1 N–H and O–H groups in total. The van der Waals surface area contributed by atoms with Crippen LogP contribution >= 0.6 is 11.3 Å². The van der Waals surface area contributed by atoms with Crippen LogP contribution in [0.4, 0.5) is 10.8 Å². The fourth-order valence-electron chi connectivity index (χ4n) is 2.18. The largest absolute Gasteiger partial charge is 0.493 e. The predicted molar refractivity (Wildman–Crippen MR) is 87.2 cm³/mol. The number of rotatable bonds is 4. The maximum atomic E-state index is 5.31. The number of methoxy groups -OCH3 is 2. The normalized spacial score (nSPS) is 10.6. The van der Waals surface area contributed by atoms with E-state index in [2.05, 4.69) is 35.4 Å². The van der Waals surface area contributed by atoms with Crippen molar-refractivity contribution in [3.05, 3.63) is 42.0 Å². The lowest BCUT2D eigenvalue weighted by Gasteiger charge is -2.09. The summed E-state index contributed by atoms with van der Waals surface area (Å²) in [7, 11) is 3.25. The number of nitrogens with one attached hydrogen (secondary N) is 1. The number of hydrogen-bond donors (Lipinski definition) is 1. The number of aryl methyl sites for hydroxylation is 1. The first-order valence-electron chi connectivity index (χ1n) is 6.56. The van der Waals surface area contributed by atoms with Crippen molar-refractivity contribution in [2.45, 2.75) is 6.92 Å².